The lowest BCUT2D eigenvalue weighted by molar-refractivity contribution is 0.284. The summed E-state index contributed by atoms with van der Waals surface area (Å²) in [5, 5.41) is 16.8. The minimum atomic E-state index is 0.277. The molecule has 1 heteroatoms. The fraction of sp³-hybridized carbons (Fsp3) is 0.182. The first-order chi connectivity index (χ1) is 11.3. The fourth-order valence-corrected chi connectivity index (χ4v) is 3.43. The predicted octanol–water partition coefficient (Wildman–Crippen LogP) is 5.46. The van der Waals surface area contributed by atoms with Gasteiger partial charge < -0.3 is 5.11 Å². The van der Waals surface area contributed by atoms with Gasteiger partial charge in [0.15, 0.2) is 0 Å². The Morgan fingerprint density at radius 2 is 1.26 bits per heavy atom. The highest BCUT2D eigenvalue weighted by Gasteiger charge is 2.05. The topological polar surface area (TPSA) is 20.2 Å². The van der Waals surface area contributed by atoms with Crippen LogP contribution in [0.4, 0.5) is 0 Å². The molecule has 0 amide bonds. The van der Waals surface area contributed by atoms with Gasteiger partial charge in [0.1, 0.15) is 0 Å². The second-order valence-electron chi connectivity index (χ2n) is 6.22. The summed E-state index contributed by atoms with van der Waals surface area (Å²) < 4.78 is 0. The van der Waals surface area contributed by atoms with Crippen molar-refractivity contribution < 1.29 is 5.11 Å². The van der Waals surface area contributed by atoms with E-state index in [1.807, 2.05) is 0 Å². The lowest BCUT2D eigenvalue weighted by Gasteiger charge is -2.09. The van der Waals surface area contributed by atoms with Crippen LogP contribution in [-0.2, 0) is 6.42 Å². The molecule has 0 atom stereocenters. The Hall–Kier alpha value is -2.38. The normalized spacial score (nSPS) is 11.5. The average Bonchev–Trinajstić information content (AvgIpc) is 2.58. The molecule has 1 N–H and O–H groups in total. The van der Waals surface area contributed by atoms with Crippen LogP contribution in [-0.4, -0.2) is 11.7 Å². The monoisotopic (exact) mass is 300 g/mol. The summed E-state index contributed by atoms with van der Waals surface area (Å²) in [5.41, 5.74) is 1.38. The van der Waals surface area contributed by atoms with Gasteiger partial charge in [0.2, 0.25) is 0 Å². The maximum Gasteiger partial charge on any atom is 0.0431 e. The van der Waals surface area contributed by atoms with E-state index in [4.69, 9.17) is 5.11 Å². The maximum atomic E-state index is 9.00. The van der Waals surface area contributed by atoms with E-state index in [-0.39, 0.29) is 6.61 Å². The van der Waals surface area contributed by atoms with Gasteiger partial charge in [0.25, 0.3) is 0 Å². The molecule has 0 spiro atoms. The van der Waals surface area contributed by atoms with Crippen molar-refractivity contribution in [3.63, 3.8) is 0 Å². The minimum Gasteiger partial charge on any atom is -0.396 e. The number of hydrogen-bond acceptors (Lipinski definition) is 1. The number of benzene rings is 4. The Kier molecular flexibility index (Phi) is 3.72. The van der Waals surface area contributed by atoms with E-state index in [9.17, 15) is 0 Å². The highest BCUT2D eigenvalue weighted by molar-refractivity contribution is 6.05. The van der Waals surface area contributed by atoms with Crippen molar-refractivity contribution in [3.8, 4) is 0 Å². The van der Waals surface area contributed by atoms with Crippen molar-refractivity contribution in [3.05, 3.63) is 72.3 Å². The van der Waals surface area contributed by atoms with Crippen LogP contribution < -0.4 is 0 Å². The zero-order valence-corrected chi connectivity index (χ0v) is 13.1. The number of unbranched alkanes of at least 4 members (excludes halogenated alkanes) is 1. The Bertz CT molecular complexity index is 985. The van der Waals surface area contributed by atoms with E-state index in [0.29, 0.717) is 0 Å². The van der Waals surface area contributed by atoms with Crippen molar-refractivity contribution in [1.29, 1.82) is 0 Å². The molecule has 23 heavy (non-hydrogen) atoms. The molecule has 0 aliphatic carbocycles. The zero-order valence-electron chi connectivity index (χ0n) is 13.1. The predicted molar refractivity (Wildman–Crippen MR) is 99.0 cm³/mol. The van der Waals surface area contributed by atoms with Gasteiger partial charge in [-0.05, 0) is 81.4 Å². The zero-order chi connectivity index (χ0) is 15.6. The number of hydrogen-bond donors (Lipinski definition) is 1. The summed E-state index contributed by atoms with van der Waals surface area (Å²) in [6, 6.07) is 24.3. The van der Waals surface area contributed by atoms with E-state index >= 15 is 0 Å². The van der Waals surface area contributed by atoms with E-state index in [0.717, 1.165) is 19.3 Å². The van der Waals surface area contributed by atoms with E-state index in [1.165, 1.54) is 37.9 Å². The first-order valence-corrected chi connectivity index (χ1v) is 8.30. The lowest BCUT2D eigenvalue weighted by atomic mass is 9.95. The molecular weight excluding hydrogens is 280 g/mol. The molecule has 114 valence electrons. The molecule has 0 saturated carbocycles. The van der Waals surface area contributed by atoms with Gasteiger partial charge in [-0.1, -0.05) is 42.5 Å². The summed E-state index contributed by atoms with van der Waals surface area (Å²) in [6.45, 7) is 0.277. The third kappa shape index (κ3) is 2.69. The largest absolute Gasteiger partial charge is 0.396 e. The number of rotatable bonds is 4. The Balaban J connectivity index is 1.90. The van der Waals surface area contributed by atoms with Crippen molar-refractivity contribution in [2.75, 3.05) is 6.61 Å². The van der Waals surface area contributed by atoms with Crippen molar-refractivity contribution in [1.82, 2.24) is 0 Å². The highest BCUT2D eigenvalue weighted by atomic mass is 16.2. The summed E-state index contributed by atoms with van der Waals surface area (Å²) in [6.07, 6.45) is 2.93. The van der Waals surface area contributed by atoms with Crippen molar-refractivity contribution in [2.24, 2.45) is 0 Å². The Morgan fingerprint density at radius 3 is 2.00 bits per heavy atom. The number of aryl methyl sites for hydroxylation is 1. The van der Waals surface area contributed by atoms with Crippen LogP contribution in [0.25, 0.3) is 32.3 Å². The van der Waals surface area contributed by atoms with Gasteiger partial charge in [0.05, 0.1) is 0 Å². The Labute approximate surface area is 136 Å². The molecule has 0 bridgehead atoms. The number of aliphatic hydroxyl groups excluding tert-OH is 1. The Morgan fingerprint density at radius 1 is 0.609 bits per heavy atom. The molecule has 0 aliphatic heterocycles. The molecule has 0 heterocycles. The van der Waals surface area contributed by atoms with Crippen molar-refractivity contribution in [2.45, 2.75) is 19.3 Å². The van der Waals surface area contributed by atoms with E-state index in [1.54, 1.807) is 0 Å². The van der Waals surface area contributed by atoms with Crippen molar-refractivity contribution >= 4 is 32.3 Å². The number of fused-ring (bicyclic) bond motifs is 3. The standard InChI is InChI=1S/C22H20O/c23-11-4-3-6-16-9-5-10-19-14-20-12-17-7-1-2-8-18(17)13-21(20)15-22(16)19/h1-2,5,7-10,12-15,23H,3-4,6,11H2. The van der Waals surface area contributed by atoms with Crippen LogP contribution >= 0.6 is 0 Å². The molecular formula is C22H20O. The molecule has 0 unspecified atom stereocenters. The molecule has 0 aromatic heterocycles. The minimum absolute atomic E-state index is 0.277. The first-order valence-electron chi connectivity index (χ1n) is 8.30. The van der Waals surface area contributed by atoms with Crippen LogP contribution in [0.1, 0.15) is 18.4 Å². The molecule has 0 aliphatic rings. The molecule has 0 fully saturated rings. The molecule has 1 nitrogen and oxygen atoms in total. The van der Waals surface area contributed by atoms with Gasteiger partial charge >= 0.3 is 0 Å². The summed E-state index contributed by atoms with van der Waals surface area (Å²) in [5.74, 6) is 0. The van der Waals surface area contributed by atoms with Crippen LogP contribution in [0.3, 0.4) is 0 Å². The van der Waals surface area contributed by atoms with Gasteiger partial charge in [0, 0.05) is 6.61 Å². The summed E-state index contributed by atoms with van der Waals surface area (Å²) in [4.78, 5) is 0. The van der Waals surface area contributed by atoms with Crippen LogP contribution in [0.15, 0.2) is 66.7 Å². The van der Waals surface area contributed by atoms with Gasteiger partial charge in [-0.3, -0.25) is 0 Å². The molecule has 0 radical (unpaired) electrons. The second-order valence-corrected chi connectivity index (χ2v) is 6.22. The fourth-order valence-electron chi connectivity index (χ4n) is 3.43. The molecule has 4 aromatic carbocycles. The van der Waals surface area contributed by atoms with Crippen LogP contribution in [0.2, 0.25) is 0 Å². The number of aliphatic hydroxyl groups is 1. The molecule has 0 saturated heterocycles. The summed E-state index contributed by atoms with van der Waals surface area (Å²) >= 11 is 0. The van der Waals surface area contributed by atoms with Crippen LogP contribution in [0, 0.1) is 0 Å². The van der Waals surface area contributed by atoms with E-state index < -0.39 is 0 Å². The molecule has 4 aromatic rings. The van der Waals surface area contributed by atoms with Crippen LogP contribution in [0.5, 0.6) is 0 Å². The average molecular weight is 300 g/mol. The van der Waals surface area contributed by atoms with E-state index in [2.05, 4.69) is 66.7 Å². The van der Waals surface area contributed by atoms with Gasteiger partial charge in [-0.15, -0.1) is 0 Å². The molecule has 4 rings (SSSR count). The SMILES string of the molecule is OCCCCc1cccc2cc3cc4ccccc4cc3cc12. The lowest BCUT2D eigenvalue weighted by Crippen LogP contribution is -1.90. The second kappa shape index (κ2) is 6.02. The third-order valence-electron chi connectivity index (χ3n) is 4.65. The maximum absolute atomic E-state index is 9.00. The van der Waals surface area contributed by atoms with Gasteiger partial charge in [-0.25, -0.2) is 0 Å². The quantitative estimate of drug-likeness (QED) is 0.392. The summed E-state index contributed by atoms with van der Waals surface area (Å²) in [7, 11) is 0. The highest BCUT2D eigenvalue weighted by Crippen LogP contribution is 2.29. The first kappa shape index (κ1) is 14.2. The smallest absolute Gasteiger partial charge is 0.0431 e. The van der Waals surface area contributed by atoms with Gasteiger partial charge in [-0.2, -0.15) is 0 Å². The third-order valence-corrected chi connectivity index (χ3v) is 4.65.